The van der Waals surface area contributed by atoms with E-state index in [-0.39, 0.29) is 12.2 Å². The predicted molar refractivity (Wildman–Crippen MR) is 59.5 cm³/mol. The molecule has 3 N–H and O–H groups in total. The van der Waals surface area contributed by atoms with Crippen LogP contribution in [0.1, 0.15) is 29.8 Å². The van der Waals surface area contributed by atoms with Crippen molar-refractivity contribution in [3.63, 3.8) is 0 Å². The summed E-state index contributed by atoms with van der Waals surface area (Å²) in [5.41, 5.74) is -0.376. The molecule has 0 saturated carbocycles. The van der Waals surface area contributed by atoms with E-state index in [1.54, 1.807) is 0 Å². The molecule has 0 spiro atoms. The first kappa shape index (κ1) is 12.7. The van der Waals surface area contributed by atoms with E-state index in [1.165, 1.54) is 32.0 Å². The zero-order valence-corrected chi connectivity index (χ0v) is 9.34. The average Bonchev–Trinajstić information content (AvgIpc) is 2.19. The van der Waals surface area contributed by atoms with Gasteiger partial charge in [0.25, 0.3) is 0 Å². The predicted octanol–water partition coefficient (Wildman–Crippen LogP) is 0.879. The maximum atomic E-state index is 10.6. The van der Waals surface area contributed by atoms with E-state index in [9.17, 15) is 20.1 Å². The Labute approximate surface area is 94.2 Å². The van der Waals surface area contributed by atoms with E-state index in [4.69, 9.17) is 0 Å². The van der Waals surface area contributed by atoms with E-state index in [1.807, 2.05) is 0 Å². The molecule has 0 fully saturated rings. The quantitative estimate of drug-likeness (QED) is 0.663. The third-order valence-corrected chi connectivity index (χ3v) is 2.47. The second-order valence-electron chi connectivity index (χ2n) is 4.38. The zero-order chi connectivity index (χ0) is 12.3. The van der Waals surface area contributed by atoms with Gasteiger partial charge in [0.1, 0.15) is 12.0 Å². The fourth-order valence-corrected chi connectivity index (χ4v) is 1.30. The third kappa shape index (κ3) is 3.05. The molecule has 0 aliphatic carbocycles. The molecule has 1 atom stereocenters. The van der Waals surface area contributed by atoms with Crippen LogP contribution in [-0.4, -0.2) is 33.3 Å². The Morgan fingerprint density at radius 1 is 1.44 bits per heavy atom. The fraction of sp³-hybridized carbons (Fsp3) is 0.417. The van der Waals surface area contributed by atoms with Gasteiger partial charge in [-0.2, -0.15) is 0 Å². The summed E-state index contributed by atoms with van der Waals surface area (Å²) >= 11 is 0. The molecule has 1 unspecified atom stereocenters. The molecule has 0 saturated heterocycles. The zero-order valence-electron chi connectivity index (χ0n) is 9.34. The van der Waals surface area contributed by atoms with Crippen molar-refractivity contribution in [1.82, 2.24) is 0 Å². The van der Waals surface area contributed by atoms with Crippen molar-refractivity contribution in [3.8, 4) is 5.75 Å². The highest BCUT2D eigenvalue weighted by atomic mass is 16.3. The van der Waals surface area contributed by atoms with Crippen molar-refractivity contribution in [3.05, 3.63) is 29.3 Å². The molecule has 0 aromatic heterocycles. The van der Waals surface area contributed by atoms with Gasteiger partial charge in [-0.25, -0.2) is 0 Å². The van der Waals surface area contributed by atoms with Crippen molar-refractivity contribution < 1.29 is 20.1 Å². The highest BCUT2D eigenvalue weighted by Gasteiger charge is 2.25. The number of aromatic hydroxyl groups is 1. The summed E-state index contributed by atoms with van der Waals surface area (Å²) in [5, 5.41) is 28.8. The first-order valence-corrected chi connectivity index (χ1v) is 5.02. The van der Waals surface area contributed by atoms with Gasteiger partial charge in [0.05, 0.1) is 11.7 Å². The van der Waals surface area contributed by atoms with Crippen LogP contribution in [0.5, 0.6) is 5.75 Å². The van der Waals surface area contributed by atoms with Gasteiger partial charge in [-0.3, -0.25) is 4.79 Å². The summed E-state index contributed by atoms with van der Waals surface area (Å²) in [6.07, 6.45) is -0.239. The number of aldehydes is 1. The molecule has 88 valence electrons. The van der Waals surface area contributed by atoms with Gasteiger partial charge in [-0.05, 0) is 37.6 Å². The van der Waals surface area contributed by atoms with E-state index in [0.29, 0.717) is 17.4 Å². The maximum absolute atomic E-state index is 10.6. The van der Waals surface area contributed by atoms with Gasteiger partial charge in [0, 0.05) is 12.0 Å². The minimum absolute atomic E-state index is 0.00824. The van der Waals surface area contributed by atoms with Gasteiger partial charge in [-0.15, -0.1) is 0 Å². The first-order valence-electron chi connectivity index (χ1n) is 5.02. The Morgan fingerprint density at radius 3 is 2.56 bits per heavy atom. The standard InChI is InChI=1S/C12H16O4/c1-12(2,16)11(15)6-9-5-8(7-13)3-4-10(9)14/h3-5,7,11,14-16H,6H2,1-2H3. The molecule has 4 nitrogen and oxygen atoms in total. The molecular weight excluding hydrogens is 208 g/mol. The topological polar surface area (TPSA) is 77.8 Å². The minimum atomic E-state index is -1.25. The SMILES string of the molecule is CC(C)(O)C(O)Cc1cc(C=O)ccc1O. The summed E-state index contributed by atoms with van der Waals surface area (Å²) in [6, 6.07) is 4.38. The molecule has 0 aliphatic heterocycles. The second kappa shape index (κ2) is 4.63. The number of carbonyl (C=O) groups is 1. The van der Waals surface area contributed by atoms with Crippen LogP contribution in [0.2, 0.25) is 0 Å². The van der Waals surface area contributed by atoms with Gasteiger partial charge < -0.3 is 15.3 Å². The Bertz CT molecular complexity index is 379. The van der Waals surface area contributed by atoms with E-state index < -0.39 is 11.7 Å². The largest absolute Gasteiger partial charge is 0.508 e. The molecule has 0 bridgehead atoms. The number of phenolic OH excluding ortho intramolecular Hbond substituents is 1. The van der Waals surface area contributed by atoms with Crippen molar-refractivity contribution in [2.24, 2.45) is 0 Å². The number of hydrogen-bond donors (Lipinski definition) is 3. The lowest BCUT2D eigenvalue weighted by Gasteiger charge is -2.24. The van der Waals surface area contributed by atoms with Crippen LogP contribution in [0.15, 0.2) is 18.2 Å². The normalized spacial score (nSPS) is 13.5. The maximum Gasteiger partial charge on any atom is 0.150 e. The summed E-state index contributed by atoms with van der Waals surface area (Å²) in [4.78, 5) is 10.6. The Hall–Kier alpha value is -1.39. The third-order valence-electron chi connectivity index (χ3n) is 2.47. The van der Waals surface area contributed by atoms with Crippen LogP contribution >= 0.6 is 0 Å². The second-order valence-corrected chi connectivity index (χ2v) is 4.38. The van der Waals surface area contributed by atoms with E-state index in [0.717, 1.165) is 0 Å². The molecule has 0 radical (unpaired) electrons. The lowest BCUT2D eigenvalue weighted by Crippen LogP contribution is -2.37. The summed E-state index contributed by atoms with van der Waals surface area (Å²) in [7, 11) is 0. The molecule has 1 rings (SSSR count). The molecule has 1 aromatic carbocycles. The van der Waals surface area contributed by atoms with Gasteiger partial charge in [-0.1, -0.05) is 0 Å². The highest BCUT2D eigenvalue weighted by Crippen LogP contribution is 2.22. The van der Waals surface area contributed by atoms with Crippen LogP contribution in [0.25, 0.3) is 0 Å². The number of hydrogen-bond acceptors (Lipinski definition) is 4. The van der Waals surface area contributed by atoms with E-state index in [2.05, 4.69) is 0 Å². The first-order chi connectivity index (χ1) is 7.34. The molecule has 4 heteroatoms. The van der Waals surface area contributed by atoms with Gasteiger partial charge >= 0.3 is 0 Å². The Kier molecular flexibility index (Phi) is 3.67. The molecule has 0 aliphatic rings. The lowest BCUT2D eigenvalue weighted by molar-refractivity contribution is -0.0471. The average molecular weight is 224 g/mol. The number of carbonyl (C=O) groups excluding carboxylic acids is 1. The molecule has 0 heterocycles. The number of benzene rings is 1. The van der Waals surface area contributed by atoms with Crippen molar-refractivity contribution in [1.29, 1.82) is 0 Å². The fourth-order valence-electron chi connectivity index (χ4n) is 1.30. The minimum Gasteiger partial charge on any atom is -0.508 e. The molecular formula is C12H16O4. The number of aliphatic hydroxyl groups excluding tert-OH is 1. The van der Waals surface area contributed by atoms with Gasteiger partial charge in [0.2, 0.25) is 0 Å². The van der Waals surface area contributed by atoms with Crippen molar-refractivity contribution >= 4 is 6.29 Å². The molecule has 1 aromatic rings. The Balaban J connectivity index is 2.92. The molecule has 0 amide bonds. The summed E-state index contributed by atoms with van der Waals surface area (Å²) in [5.74, 6) is 0.00824. The number of phenols is 1. The molecule has 16 heavy (non-hydrogen) atoms. The van der Waals surface area contributed by atoms with Gasteiger partial charge in [0.15, 0.2) is 0 Å². The monoisotopic (exact) mass is 224 g/mol. The van der Waals surface area contributed by atoms with Crippen LogP contribution in [-0.2, 0) is 6.42 Å². The lowest BCUT2D eigenvalue weighted by atomic mass is 9.94. The summed E-state index contributed by atoms with van der Waals surface area (Å²) in [6.45, 7) is 2.97. The van der Waals surface area contributed by atoms with Crippen molar-refractivity contribution in [2.75, 3.05) is 0 Å². The number of aliphatic hydroxyl groups is 2. The van der Waals surface area contributed by atoms with Crippen LogP contribution in [0.3, 0.4) is 0 Å². The Morgan fingerprint density at radius 2 is 2.06 bits per heavy atom. The van der Waals surface area contributed by atoms with E-state index >= 15 is 0 Å². The number of rotatable bonds is 4. The van der Waals surface area contributed by atoms with Crippen LogP contribution in [0, 0.1) is 0 Å². The summed E-state index contributed by atoms with van der Waals surface area (Å²) < 4.78 is 0. The smallest absolute Gasteiger partial charge is 0.150 e. The van der Waals surface area contributed by atoms with Crippen LogP contribution < -0.4 is 0 Å². The van der Waals surface area contributed by atoms with Crippen molar-refractivity contribution in [2.45, 2.75) is 32.0 Å². The van der Waals surface area contributed by atoms with Crippen LogP contribution in [0.4, 0.5) is 0 Å². The highest BCUT2D eigenvalue weighted by molar-refractivity contribution is 5.75.